The number of aromatic nitrogens is 1. The smallest absolute Gasteiger partial charge is 0.269 e. The average Bonchev–Trinajstić information content (AvgIpc) is 2.73. The van der Waals surface area contributed by atoms with Gasteiger partial charge in [-0.2, -0.15) is 5.10 Å². The lowest BCUT2D eigenvalue weighted by Gasteiger charge is -2.36. The molecule has 2 unspecified atom stereocenters. The first-order valence-corrected chi connectivity index (χ1v) is 9.77. The first-order valence-electron chi connectivity index (χ1n) is 9.77. The van der Waals surface area contributed by atoms with E-state index in [1.807, 2.05) is 0 Å². The molecule has 2 aromatic rings. The van der Waals surface area contributed by atoms with Gasteiger partial charge in [0.15, 0.2) is 11.6 Å². The Morgan fingerprint density at radius 2 is 2.03 bits per heavy atom. The standard InChI is InChI=1S/C20H23F3N8O/c21-14-10-13(17(26)32)18(28-11-3-1-4-12(9-11)31-27-8-7-24)30-19(14)29-16-15(25)5-2-6-20(16,22)23/h1,3-4,7-10,15-16,24,31H,2,5-6,25H2,(H2,26,32)(H2,28,29,30). The average molecular weight is 448 g/mol. The Kier molecular flexibility index (Phi) is 6.93. The third kappa shape index (κ3) is 5.32. The maximum absolute atomic E-state index is 14.6. The van der Waals surface area contributed by atoms with Crippen molar-refractivity contribution in [3.8, 4) is 0 Å². The molecule has 32 heavy (non-hydrogen) atoms. The van der Waals surface area contributed by atoms with Crippen molar-refractivity contribution in [3.63, 3.8) is 0 Å². The zero-order valence-electron chi connectivity index (χ0n) is 16.9. The van der Waals surface area contributed by atoms with Gasteiger partial charge in [-0.15, -0.1) is 0 Å². The molecule has 1 amide bonds. The lowest BCUT2D eigenvalue weighted by Crippen LogP contribution is -2.55. The number of hydrogen-bond acceptors (Lipinski definition) is 8. The molecule has 1 heterocycles. The molecule has 0 radical (unpaired) electrons. The summed E-state index contributed by atoms with van der Waals surface area (Å²) in [5.41, 5.74) is 14.6. The van der Waals surface area contributed by atoms with E-state index in [2.05, 4.69) is 26.1 Å². The number of primary amides is 1. The SMILES string of the molecule is N=CC=NNc1cccc(Nc2nc(NC3C(N)CCCC3(F)F)c(F)cc2C(N)=O)c1. The van der Waals surface area contributed by atoms with Crippen molar-refractivity contribution < 1.29 is 18.0 Å². The minimum Gasteiger partial charge on any atom is -0.365 e. The van der Waals surface area contributed by atoms with Gasteiger partial charge in [-0.1, -0.05) is 6.07 Å². The molecule has 1 saturated carbocycles. The van der Waals surface area contributed by atoms with Gasteiger partial charge in [0, 0.05) is 24.4 Å². The Bertz CT molecular complexity index is 1030. The van der Waals surface area contributed by atoms with Crippen molar-refractivity contribution in [2.75, 3.05) is 16.1 Å². The molecule has 0 spiro atoms. The van der Waals surface area contributed by atoms with Gasteiger partial charge < -0.3 is 27.5 Å². The van der Waals surface area contributed by atoms with Crippen LogP contribution in [0.2, 0.25) is 0 Å². The van der Waals surface area contributed by atoms with Crippen molar-refractivity contribution in [1.82, 2.24) is 4.98 Å². The minimum atomic E-state index is -3.14. The Hall–Kier alpha value is -3.67. The number of nitrogens with one attached hydrogen (secondary N) is 4. The third-order valence-corrected chi connectivity index (χ3v) is 4.93. The highest BCUT2D eigenvalue weighted by Gasteiger charge is 2.46. The Labute approximate surface area is 182 Å². The molecule has 1 aromatic heterocycles. The van der Waals surface area contributed by atoms with Crippen LogP contribution in [0.1, 0.15) is 29.6 Å². The Balaban J connectivity index is 1.92. The molecule has 8 N–H and O–H groups in total. The molecular formula is C20H23F3N8O. The molecule has 2 atom stereocenters. The lowest BCUT2D eigenvalue weighted by molar-refractivity contribution is -0.0512. The van der Waals surface area contributed by atoms with E-state index in [0.717, 1.165) is 12.3 Å². The van der Waals surface area contributed by atoms with E-state index in [1.165, 1.54) is 6.21 Å². The van der Waals surface area contributed by atoms with Crippen LogP contribution in [0.25, 0.3) is 0 Å². The summed E-state index contributed by atoms with van der Waals surface area (Å²) in [6.45, 7) is 0. The van der Waals surface area contributed by atoms with Gasteiger partial charge in [-0.25, -0.2) is 18.2 Å². The summed E-state index contributed by atoms with van der Waals surface area (Å²) in [6, 6.07) is 5.04. The number of alkyl halides is 2. The third-order valence-electron chi connectivity index (χ3n) is 4.93. The predicted octanol–water partition coefficient (Wildman–Crippen LogP) is 3.04. The van der Waals surface area contributed by atoms with Gasteiger partial charge in [-0.3, -0.25) is 10.2 Å². The molecule has 170 valence electrons. The molecule has 12 heteroatoms. The summed E-state index contributed by atoms with van der Waals surface area (Å²) in [5, 5.41) is 16.0. The first kappa shape index (κ1) is 23.0. The van der Waals surface area contributed by atoms with Crippen LogP contribution in [0, 0.1) is 11.2 Å². The maximum Gasteiger partial charge on any atom is 0.269 e. The van der Waals surface area contributed by atoms with Crippen LogP contribution >= 0.6 is 0 Å². The molecule has 0 aliphatic heterocycles. The van der Waals surface area contributed by atoms with Crippen LogP contribution < -0.4 is 27.5 Å². The monoisotopic (exact) mass is 448 g/mol. The molecular weight excluding hydrogens is 425 g/mol. The summed E-state index contributed by atoms with van der Waals surface area (Å²) in [6.07, 6.45) is 2.48. The van der Waals surface area contributed by atoms with Crippen LogP contribution in [-0.4, -0.2) is 41.3 Å². The van der Waals surface area contributed by atoms with E-state index in [9.17, 15) is 18.0 Å². The number of amides is 1. The molecule has 1 fully saturated rings. The number of benzene rings is 1. The molecule has 3 rings (SSSR count). The van der Waals surface area contributed by atoms with Crippen LogP contribution in [0.5, 0.6) is 0 Å². The molecule has 0 saturated heterocycles. The summed E-state index contributed by atoms with van der Waals surface area (Å²) in [7, 11) is 0. The number of hydrazone groups is 1. The summed E-state index contributed by atoms with van der Waals surface area (Å²) >= 11 is 0. The summed E-state index contributed by atoms with van der Waals surface area (Å²) in [5.74, 6) is -5.68. The van der Waals surface area contributed by atoms with Crippen LogP contribution in [0.3, 0.4) is 0 Å². The van der Waals surface area contributed by atoms with Crippen molar-refractivity contribution in [2.45, 2.75) is 37.3 Å². The van der Waals surface area contributed by atoms with Gasteiger partial charge in [0.05, 0.1) is 17.5 Å². The van der Waals surface area contributed by atoms with Crippen LogP contribution in [-0.2, 0) is 0 Å². The van der Waals surface area contributed by atoms with Gasteiger partial charge in [-0.05, 0) is 37.1 Å². The molecule has 1 aliphatic carbocycles. The second kappa shape index (κ2) is 9.64. The second-order valence-electron chi connectivity index (χ2n) is 7.28. The fourth-order valence-electron chi connectivity index (χ4n) is 3.39. The van der Waals surface area contributed by atoms with E-state index in [4.69, 9.17) is 16.9 Å². The number of halogens is 3. The number of nitrogens with two attached hydrogens (primary N) is 2. The van der Waals surface area contributed by atoms with Crippen molar-refractivity contribution in [3.05, 3.63) is 41.7 Å². The number of hydrogen-bond donors (Lipinski definition) is 6. The van der Waals surface area contributed by atoms with Crippen molar-refractivity contribution in [1.29, 1.82) is 5.41 Å². The van der Waals surface area contributed by atoms with E-state index >= 15 is 0 Å². The van der Waals surface area contributed by atoms with Gasteiger partial charge >= 0.3 is 0 Å². The van der Waals surface area contributed by atoms with Crippen LogP contribution in [0.15, 0.2) is 35.4 Å². The van der Waals surface area contributed by atoms with E-state index < -0.39 is 35.5 Å². The number of nitrogens with zero attached hydrogens (tertiary/aromatic N) is 2. The zero-order valence-corrected chi connectivity index (χ0v) is 16.9. The summed E-state index contributed by atoms with van der Waals surface area (Å²) in [4.78, 5) is 15.8. The number of anilines is 4. The molecule has 0 bridgehead atoms. The maximum atomic E-state index is 14.6. The van der Waals surface area contributed by atoms with Gasteiger partial charge in [0.2, 0.25) is 0 Å². The second-order valence-corrected chi connectivity index (χ2v) is 7.28. The van der Waals surface area contributed by atoms with Crippen LogP contribution in [0.4, 0.5) is 36.2 Å². The highest BCUT2D eigenvalue weighted by molar-refractivity contribution is 6.14. The Morgan fingerprint density at radius 3 is 2.72 bits per heavy atom. The largest absolute Gasteiger partial charge is 0.365 e. The quantitative estimate of drug-likeness (QED) is 0.269. The number of rotatable bonds is 8. The fourth-order valence-corrected chi connectivity index (χ4v) is 3.39. The minimum absolute atomic E-state index is 0.116. The molecule has 9 nitrogen and oxygen atoms in total. The van der Waals surface area contributed by atoms with Crippen molar-refractivity contribution >= 4 is 41.3 Å². The van der Waals surface area contributed by atoms with Crippen molar-refractivity contribution in [2.24, 2.45) is 16.6 Å². The van der Waals surface area contributed by atoms with E-state index in [-0.39, 0.29) is 24.2 Å². The van der Waals surface area contributed by atoms with Gasteiger partial charge in [0.1, 0.15) is 11.9 Å². The van der Waals surface area contributed by atoms with E-state index in [1.54, 1.807) is 24.3 Å². The fraction of sp³-hybridized carbons (Fsp3) is 0.300. The molecule has 1 aromatic carbocycles. The number of pyridine rings is 1. The summed E-state index contributed by atoms with van der Waals surface area (Å²) < 4.78 is 43.3. The topological polar surface area (TPSA) is 154 Å². The number of carbonyl (C=O) groups excluding carboxylic acids is 1. The normalized spacial score (nSPS) is 20.0. The van der Waals surface area contributed by atoms with Gasteiger partial charge in [0.25, 0.3) is 11.8 Å². The van der Waals surface area contributed by atoms with E-state index in [0.29, 0.717) is 17.8 Å². The Morgan fingerprint density at radius 1 is 1.28 bits per heavy atom. The predicted molar refractivity (Wildman–Crippen MR) is 118 cm³/mol. The highest BCUT2D eigenvalue weighted by Crippen LogP contribution is 2.35. The zero-order chi connectivity index (χ0) is 23.3. The molecule has 1 aliphatic rings. The highest BCUT2D eigenvalue weighted by atomic mass is 19.3. The lowest BCUT2D eigenvalue weighted by atomic mass is 9.87. The first-order chi connectivity index (χ1) is 15.2. The number of carbonyl (C=O) groups is 1.